The highest BCUT2D eigenvalue weighted by atomic mass is 16.3. The predicted octanol–water partition coefficient (Wildman–Crippen LogP) is 5.97. The Morgan fingerprint density at radius 3 is 2.57 bits per heavy atom. The number of phenols is 1. The van der Waals surface area contributed by atoms with Crippen LogP contribution in [0.25, 0.3) is 0 Å². The van der Waals surface area contributed by atoms with E-state index in [9.17, 15) is 10.2 Å². The zero-order chi connectivity index (χ0) is 21.4. The molecule has 0 amide bonds. The number of aliphatic hydroxyl groups is 1. The van der Waals surface area contributed by atoms with Crippen LogP contribution >= 0.6 is 0 Å². The number of phenolic OH excluding ortho intramolecular Hbond substituents is 1. The minimum Gasteiger partial charge on any atom is -0.508 e. The fourth-order valence-corrected chi connectivity index (χ4v) is 6.19. The summed E-state index contributed by atoms with van der Waals surface area (Å²) in [7, 11) is 0. The van der Waals surface area contributed by atoms with Gasteiger partial charge in [0.05, 0.1) is 5.60 Å². The standard InChI is InChI=1S/C27H37NO2/c1-4-13-26(30)14-15-27(17-20-5-9-23(10-6-20)28-19(2)3)22(18-26)8-7-21-16-24(29)11-12-25(21)27/h5-6,9-12,16,19,22,28-30H,4,7-8,13-15,17-18H2,1-3H3/t22-,26?,27+/m1/s1. The molecule has 162 valence electrons. The molecule has 3 heteroatoms. The lowest BCUT2D eigenvalue weighted by Gasteiger charge is -2.53. The molecule has 2 aromatic carbocycles. The number of aromatic hydroxyl groups is 1. The first kappa shape index (κ1) is 21.2. The van der Waals surface area contributed by atoms with Crippen molar-refractivity contribution in [1.29, 1.82) is 0 Å². The van der Waals surface area contributed by atoms with Gasteiger partial charge in [0.25, 0.3) is 0 Å². The number of anilines is 1. The topological polar surface area (TPSA) is 52.5 Å². The third-order valence-corrected chi connectivity index (χ3v) is 7.48. The van der Waals surface area contributed by atoms with Crippen LogP contribution in [-0.2, 0) is 18.3 Å². The Bertz CT molecular complexity index is 875. The van der Waals surface area contributed by atoms with Gasteiger partial charge in [-0.3, -0.25) is 0 Å². The minimum absolute atomic E-state index is 0.0498. The Morgan fingerprint density at radius 1 is 1.10 bits per heavy atom. The van der Waals surface area contributed by atoms with Gasteiger partial charge in [0, 0.05) is 17.1 Å². The Hall–Kier alpha value is -2.00. The van der Waals surface area contributed by atoms with Crippen molar-refractivity contribution < 1.29 is 10.2 Å². The monoisotopic (exact) mass is 407 g/mol. The molecule has 3 N–H and O–H groups in total. The molecule has 0 spiro atoms. The van der Waals surface area contributed by atoms with Gasteiger partial charge in [-0.1, -0.05) is 31.5 Å². The largest absolute Gasteiger partial charge is 0.508 e. The van der Waals surface area contributed by atoms with Gasteiger partial charge >= 0.3 is 0 Å². The summed E-state index contributed by atoms with van der Waals surface area (Å²) in [5.41, 5.74) is 4.76. The molecule has 1 fully saturated rings. The molecule has 30 heavy (non-hydrogen) atoms. The van der Waals surface area contributed by atoms with E-state index in [1.54, 1.807) is 0 Å². The average molecular weight is 408 g/mol. The van der Waals surface area contributed by atoms with Crippen molar-refractivity contribution in [3.05, 3.63) is 59.2 Å². The molecule has 3 nitrogen and oxygen atoms in total. The number of rotatable bonds is 6. The first-order chi connectivity index (χ1) is 14.3. The lowest BCUT2D eigenvalue weighted by atomic mass is 9.52. The van der Waals surface area contributed by atoms with Crippen molar-refractivity contribution >= 4 is 5.69 Å². The Morgan fingerprint density at radius 2 is 1.87 bits per heavy atom. The van der Waals surface area contributed by atoms with Crippen molar-refractivity contribution in [3.63, 3.8) is 0 Å². The maximum absolute atomic E-state index is 11.3. The lowest BCUT2D eigenvalue weighted by molar-refractivity contribution is -0.0565. The van der Waals surface area contributed by atoms with Crippen LogP contribution in [0.15, 0.2) is 42.5 Å². The van der Waals surface area contributed by atoms with Crippen LogP contribution < -0.4 is 5.32 Å². The minimum atomic E-state index is -0.512. The van der Waals surface area contributed by atoms with Gasteiger partial charge in [0.2, 0.25) is 0 Å². The highest BCUT2D eigenvalue weighted by Crippen LogP contribution is 2.55. The molecule has 2 aromatic rings. The number of benzene rings is 2. The molecule has 0 heterocycles. The van der Waals surface area contributed by atoms with Crippen LogP contribution in [0.4, 0.5) is 5.69 Å². The number of aryl methyl sites for hydroxylation is 1. The average Bonchev–Trinajstić information content (AvgIpc) is 2.69. The van der Waals surface area contributed by atoms with E-state index in [-0.39, 0.29) is 5.41 Å². The first-order valence-corrected chi connectivity index (χ1v) is 11.7. The summed E-state index contributed by atoms with van der Waals surface area (Å²) in [5, 5.41) is 24.8. The molecule has 2 aliphatic rings. The summed E-state index contributed by atoms with van der Waals surface area (Å²) < 4.78 is 0. The Labute approximate surface area is 181 Å². The van der Waals surface area contributed by atoms with Crippen molar-refractivity contribution in [2.45, 2.75) is 89.2 Å². The van der Waals surface area contributed by atoms with Gasteiger partial charge in [-0.25, -0.2) is 0 Å². The summed E-state index contributed by atoms with van der Waals surface area (Å²) in [6.07, 6.45) is 7.80. The second-order valence-corrected chi connectivity index (χ2v) is 10.1. The number of hydrogen-bond donors (Lipinski definition) is 3. The molecule has 1 unspecified atom stereocenters. The van der Waals surface area contributed by atoms with E-state index in [1.165, 1.54) is 16.7 Å². The second-order valence-electron chi connectivity index (χ2n) is 10.1. The zero-order valence-electron chi connectivity index (χ0n) is 18.7. The van der Waals surface area contributed by atoms with Crippen LogP contribution in [0.2, 0.25) is 0 Å². The predicted molar refractivity (Wildman–Crippen MR) is 124 cm³/mol. The molecule has 1 saturated carbocycles. The third kappa shape index (κ3) is 4.09. The van der Waals surface area contributed by atoms with Crippen LogP contribution in [0.1, 0.15) is 76.0 Å². The molecule has 0 bridgehead atoms. The lowest BCUT2D eigenvalue weighted by Crippen LogP contribution is -2.51. The summed E-state index contributed by atoms with van der Waals surface area (Å²) in [4.78, 5) is 0. The summed E-state index contributed by atoms with van der Waals surface area (Å²) in [6.45, 7) is 6.49. The number of nitrogens with one attached hydrogen (secondary N) is 1. The normalized spacial score (nSPS) is 28.1. The summed E-state index contributed by atoms with van der Waals surface area (Å²) in [5.74, 6) is 0.845. The smallest absolute Gasteiger partial charge is 0.115 e. The van der Waals surface area contributed by atoms with Gasteiger partial charge in [0.15, 0.2) is 0 Å². The zero-order valence-corrected chi connectivity index (χ0v) is 18.7. The summed E-state index contributed by atoms with van der Waals surface area (Å²) in [6, 6.07) is 15.3. The highest BCUT2D eigenvalue weighted by molar-refractivity contribution is 5.48. The van der Waals surface area contributed by atoms with Crippen LogP contribution in [0.5, 0.6) is 5.75 Å². The van der Waals surface area contributed by atoms with E-state index in [0.717, 1.165) is 57.1 Å². The quantitative estimate of drug-likeness (QED) is 0.553. The fraction of sp³-hybridized carbons (Fsp3) is 0.556. The Kier molecular flexibility index (Phi) is 5.85. The molecule has 0 radical (unpaired) electrons. The van der Waals surface area contributed by atoms with E-state index < -0.39 is 5.60 Å². The number of fused-ring (bicyclic) bond motifs is 3. The number of hydrogen-bond acceptors (Lipinski definition) is 3. The van der Waals surface area contributed by atoms with E-state index in [4.69, 9.17) is 0 Å². The summed E-state index contributed by atoms with van der Waals surface area (Å²) >= 11 is 0. The van der Waals surface area contributed by atoms with Crippen molar-refractivity contribution in [2.75, 3.05) is 5.32 Å². The molecule has 3 atom stereocenters. The molecular weight excluding hydrogens is 370 g/mol. The molecule has 0 aliphatic heterocycles. The molecular formula is C27H37NO2. The van der Waals surface area contributed by atoms with E-state index in [1.807, 2.05) is 12.1 Å². The Balaban J connectivity index is 1.68. The second kappa shape index (κ2) is 8.26. The van der Waals surface area contributed by atoms with Crippen LogP contribution in [-0.4, -0.2) is 21.9 Å². The van der Waals surface area contributed by atoms with Gasteiger partial charge < -0.3 is 15.5 Å². The third-order valence-electron chi connectivity index (χ3n) is 7.48. The van der Waals surface area contributed by atoms with Gasteiger partial charge in [0.1, 0.15) is 5.75 Å². The maximum Gasteiger partial charge on any atom is 0.115 e. The van der Waals surface area contributed by atoms with E-state index in [2.05, 4.69) is 56.4 Å². The van der Waals surface area contributed by atoms with Crippen molar-refractivity contribution in [1.82, 2.24) is 0 Å². The van der Waals surface area contributed by atoms with Crippen molar-refractivity contribution in [3.8, 4) is 5.75 Å². The van der Waals surface area contributed by atoms with Crippen LogP contribution in [0, 0.1) is 5.92 Å². The molecule has 0 saturated heterocycles. The van der Waals surface area contributed by atoms with Crippen LogP contribution in [0.3, 0.4) is 0 Å². The maximum atomic E-state index is 11.3. The SMILES string of the molecule is CCCC1(O)CC[C@@]2(Cc3ccc(NC(C)C)cc3)c3ccc(O)cc3CC[C@@H]2C1. The molecule has 2 aliphatic carbocycles. The molecule has 0 aromatic heterocycles. The fourth-order valence-electron chi connectivity index (χ4n) is 6.19. The van der Waals surface area contributed by atoms with Gasteiger partial charge in [-0.05, 0) is 106 Å². The molecule has 4 rings (SSSR count). The van der Waals surface area contributed by atoms with E-state index >= 15 is 0 Å². The first-order valence-electron chi connectivity index (χ1n) is 11.7. The van der Waals surface area contributed by atoms with Gasteiger partial charge in [-0.2, -0.15) is 0 Å². The van der Waals surface area contributed by atoms with Crippen molar-refractivity contribution in [2.24, 2.45) is 5.92 Å². The highest BCUT2D eigenvalue weighted by Gasteiger charge is 2.51. The van der Waals surface area contributed by atoms with E-state index in [0.29, 0.717) is 17.7 Å². The van der Waals surface area contributed by atoms with Gasteiger partial charge in [-0.15, -0.1) is 0 Å².